The van der Waals surface area contributed by atoms with Gasteiger partial charge in [0, 0.05) is 43.6 Å². The zero-order valence-corrected chi connectivity index (χ0v) is 22.4. The van der Waals surface area contributed by atoms with Gasteiger partial charge in [-0.2, -0.15) is 0 Å². The summed E-state index contributed by atoms with van der Waals surface area (Å²) in [7, 11) is 3.15. The normalized spacial score (nSPS) is 20.6. The molecule has 0 saturated carbocycles. The lowest BCUT2D eigenvalue weighted by atomic mass is 10.0. The number of aryl methyl sites for hydroxylation is 2. The maximum absolute atomic E-state index is 14.3. The quantitative estimate of drug-likeness (QED) is 0.618. The van der Waals surface area contributed by atoms with E-state index >= 15 is 0 Å². The van der Waals surface area contributed by atoms with Gasteiger partial charge in [0.05, 0.1) is 20.6 Å². The molecule has 4 bridgehead atoms. The topological polar surface area (TPSA) is 97.0 Å². The molecule has 8 nitrogen and oxygen atoms in total. The van der Waals surface area contributed by atoms with Gasteiger partial charge >= 0.3 is 0 Å². The molecule has 0 aliphatic carbocycles. The molecule has 2 atom stereocenters. The summed E-state index contributed by atoms with van der Waals surface area (Å²) < 4.78 is 39.1. The molecule has 39 heavy (non-hydrogen) atoms. The third kappa shape index (κ3) is 6.85. The molecule has 0 spiro atoms. The first-order valence-electron chi connectivity index (χ1n) is 13.3. The molecular formula is C29H35F2N3O5. The Kier molecular flexibility index (Phi) is 9.37. The van der Waals surface area contributed by atoms with E-state index in [1.165, 1.54) is 12.1 Å². The van der Waals surface area contributed by atoms with Crippen LogP contribution in [-0.4, -0.2) is 62.0 Å². The van der Waals surface area contributed by atoms with Crippen molar-refractivity contribution in [2.75, 3.05) is 27.3 Å². The number of nitrogens with zero attached hydrogens (tertiary/aromatic N) is 1. The van der Waals surface area contributed by atoms with Crippen molar-refractivity contribution in [2.24, 2.45) is 0 Å². The summed E-state index contributed by atoms with van der Waals surface area (Å²) in [6.07, 6.45) is 2.96. The molecule has 2 aliphatic heterocycles. The summed E-state index contributed by atoms with van der Waals surface area (Å²) >= 11 is 0. The second kappa shape index (κ2) is 12.9. The van der Waals surface area contributed by atoms with Gasteiger partial charge in [0.2, 0.25) is 17.7 Å². The summed E-state index contributed by atoms with van der Waals surface area (Å²) in [5, 5.41) is 5.86. The Morgan fingerprint density at radius 1 is 1.00 bits per heavy atom. The van der Waals surface area contributed by atoms with E-state index in [-0.39, 0.29) is 49.2 Å². The molecule has 2 heterocycles. The Labute approximate surface area is 227 Å². The lowest BCUT2D eigenvalue weighted by molar-refractivity contribution is -0.135. The van der Waals surface area contributed by atoms with Crippen LogP contribution in [0.25, 0.3) is 0 Å². The zero-order valence-electron chi connectivity index (χ0n) is 22.4. The van der Waals surface area contributed by atoms with Crippen LogP contribution >= 0.6 is 0 Å². The van der Waals surface area contributed by atoms with Gasteiger partial charge in [-0.15, -0.1) is 0 Å². The molecule has 2 aliphatic rings. The molecule has 2 aromatic carbocycles. The molecule has 0 radical (unpaired) electrons. The van der Waals surface area contributed by atoms with Crippen LogP contribution in [0.2, 0.25) is 0 Å². The molecule has 2 aromatic rings. The molecule has 2 N–H and O–H groups in total. The highest BCUT2D eigenvalue weighted by Gasteiger charge is 2.38. The first kappa shape index (κ1) is 28.3. The molecule has 210 valence electrons. The van der Waals surface area contributed by atoms with E-state index in [1.54, 1.807) is 19.1 Å². The van der Waals surface area contributed by atoms with Crippen molar-refractivity contribution in [3.63, 3.8) is 0 Å². The Hall–Kier alpha value is -3.69. The van der Waals surface area contributed by atoms with E-state index in [2.05, 4.69) is 10.6 Å². The van der Waals surface area contributed by atoms with Crippen molar-refractivity contribution in [1.82, 2.24) is 15.5 Å². The average molecular weight is 544 g/mol. The fourth-order valence-corrected chi connectivity index (χ4v) is 5.52. The number of nitrogens with one attached hydrogen (secondary N) is 2. The van der Waals surface area contributed by atoms with E-state index in [0.717, 1.165) is 17.2 Å². The van der Waals surface area contributed by atoms with E-state index in [9.17, 15) is 23.2 Å². The van der Waals surface area contributed by atoms with Gasteiger partial charge in [0.15, 0.2) is 23.1 Å². The predicted molar refractivity (Wildman–Crippen MR) is 141 cm³/mol. The standard InChI is InChI=1S/C29H35F2N3O5/c1-38-24-14-18-8-11-25(35)33-17-22-10-9-21(16-26(36)32-12-4-6-20(13-18)29(24)39-2)34(22)27(37)15-19-5-3-7-23(30)28(19)31/h3,5,7,13-14,21-22H,4,6,8-12,15-17H2,1-2H3,(H,32,36)(H,33,35)/t21-,22+/m0/s1. The van der Waals surface area contributed by atoms with Gasteiger partial charge < -0.3 is 25.0 Å². The highest BCUT2D eigenvalue weighted by atomic mass is 19.2. The minimum atomic E-state index is -1.05. The van der Waals surface area contributed by atoms with E-state index < -0.39 is 23.6 Å². The van der Waals surface area contributed by atoms with Crippen LogP contribution in [0.1, 0.15) is 48.8 Å². The number of ether oxygens (including phenoxy) is 2. The number of carbonyl (C=O) groups is 3. The third-order valence-electron chi connectivity index (χ3n) is 7.44. The van der Waals surface area contributed by atoms with Crippen LogP contribution in [0.15, 0.2) is 30.3 Å². The fraction of sp³-hybridized carbons (Fsp3) is 0.483. The summed E-state index contributed by atoms with van der Waals surface area (Å²) in [4.78, 5) is 40.5. The van der Waals surface area contributed by atoms with Gasteiger partial charge in [-0.25, -0.2) is 8.78 Å². The van der Waals surface area contributed by atoms with Gasteiger partial charge in [0.25, 0.3) is 0 Å². The number of hydrogen-bond acceptors (Lipinski definition) is 5. The summed E-state index contributed by atoms with van der Waals surface area (Å²) in [6.45, 7) is 0.651. The van der Waals surface area contributed by atoms with Crippen molar-refractivity contribution in [1.29, 1.82) is 0 Å². The van der Waals surface area contributed by atoms with Crippen molar-refractivity contribution >= 4 is 17.7 Å². The molecule has 4 rings (SSSR count). The number of benzene rings is 2. The smallest absolute Gasteiger partial charge is 0.227 e. The molecular weight excluding hydrogens is 508 g/mol. The second-order valence-electron chi connectivity index (χ2n) is 10.0. The van der Waals surface area contributed by atoms with Crippen LogP contribution in [0.4, 0.5) is 8.78 Å². The molecule has 0 aromatic heterocycles. The first-order chi connectivity index (χ1) is 18.8. The Balaban J connectivity index is 1.53. The number of carbonyl (C=O) groups excluding carboxylic acids is 3. The zero-order chi connectivity index (χ0) is 27.9. The Bertz CT molecular complexity index is 1220. The SMILES string of the molecule is COc1cc2cc(c1OC)CCCNC(=O)C[C@@H]1CC[C@H](CNC(=O)CC2)N1C(=O)Cc1cccc(F)c1F. The predicted octanol–water partition coefficient (Wildman–Crippen LogP) is 3.09. The summed E-state index contributed by atoms with van der Waals surface area (Å²) in [5.41, 5.74) is 1.83. The van der Waals surface area contributed by atoms with Crippen LogP contribution in [-0.2, 0) is 33.6 Å². The van der Waals surface area contributed by atoms with Crippen LogP contribution in [0, 0.1) is 11.6 Å². The van der Waals surface area contributed by atoms with Crippen LogP contribution in [0.3, 0.4) is 0 Å². The molecule has 0 unspecified atom stereocenters. The molecule has 1 saturated heterocycles. The second-order valence-corrected chi connectivity index (χ2v) is 10.0. The lowest BCUT2D eigenvalue weighted by Crippen LogP contribution is -2.48. The van der Waals surface area contributed by atoms with Crippen LogP contribution in [0.5, 0.6) is 11.5 Å². The van der Waals surface area contributed by atoms with E-state index in [1.807, 2.05) is 12.1 Å². The summed E-state index contributed by atoms with van der Waals surface area (Å²) in [5.74, 6) is -1.60. The Morgan fingerprint density at radius 3 is 2.56 bits per heavy atom. The van der Waals surface area contributed by atoms with Crippen molar-refractivity contribution in [3.05, 3.63) is 58.7 Å². The minimum absolute atomic E-state index is 0.0381. The van der Waals surface area contributed by atoms with E-state index in [4.69, 9.17) is 9.47 Å². The van der Waals surface area contributed by atoms with E-state index in [0.29, 0.717) is 50.1 Å². The lowest BCUT2D eigenvalue weighted by Gasteiger charge is -2.31. The number of halogens is 2. The van der Waals surface area contributed by atoms with Gasteiger partial charge in [0.1, 0.15) is 0 Å². The monoisotopic (exact) mass is 543 g/mol. The maximum Gasteiger partial charge on any atom is 0.227 e. The van der Waals surface area contributed by atoms with Gasteiger partial charge in [-0.1, -0.05) is 18.2 Å². The first-order valence-corrected chi connectivity index (χ1v) is 13.3. The highest BCUT2D eigenvalue weighted by Crippen LogP contribution is 2.34. The number of fused-ring (bicyclic) bond motifs is 4. The van der Waals surface area contributed by atoms with Crippen LogP contribution < -0.4 is 20.1 Å². The van der Waals surface area contributed by atoms with Crippen molar-refractivity contribution < 1.29 is 32.6 Å². The minimum Gasteiger partial charge on any atom is -0.493 e. The third-order valence-corrected chi connectivity index (χ3v) is 7.44. The van der Waals surface area contributed by atoms with Gasteiger partial charge in [-0.05, 0) is 55.4 Å². The molecule has 10 heteroatoms. The highest BCUT2D eigenvalue weighted by molar-refractivity contribution is 5.82. The number of hydrogen-bond donors (Lipinski definition) is 2. The molecule has 1 fully saturated rings. The van der Waals surface area contributed by atoms with Gasteiger partial charge in [-0.3, -0.25) is 14.4 Å². The maximum atomic E-state index is 14.3. The van der Waals surface area contributed by atoms with Crippen molar-refractivity contribution in [3.8, 4) is 11.5 Å². The number of rotatable bonds is 4. The van der Waals surface area contributed by atoms with Crippen molar-refractivity contribution in [2.45, 2.75) is 63.5 Å². The Morgan fingerprint density at radius 2 is 1.79 bits per heavy atom. The fourth-order valence-electron chi connectivity index (χ4n) is 5.52. The summed E-state index contributed by atoms with van der Waals surface area (Å²) in [6, 6.07) is 6.86. The molecule has 3 amide bonds. The average Bonchev–Trinajstić information content (AvgIpc) is 3.32. The number of amides is 3. The largest absolute Gasteiger partial charge is 0.493 e. The number of methoxy groups -OCH3 is 2.